The molecule has 2 aromatic rings. The molecule has 2 heterocycles. The van der Waals surface area contributed by atoms with Crippen molar-refractivity contribution >= 4 is 11.5 Å². The van der Waals surface area contributed by atoms with E-state index in [1.165, 1.54) is 24.8 Å². The van der Waals surface area contributed by atoms with E-state index >= 15 is 0 Å². The summed E-state index contributed by atoms with van der Waals surface area (Å²) in [4.78, 5) is 4.23. The van der Waals surface area contributed by atoms with Crippen molar-refractivity contribution in [3.63, 3.8) is 0 Å². The highest BCUT2D eigenvalue weighted by atomic mass is 15.3. The molecule has 17 heavy (non-hydrogen) atoms. The summed E-state index contributed by atoms with van der Waals surface area (Å²) in [5.41, 5.74) is 2.59. The van der Waals surface area contributed by atoms with Gasteiger partial charge in [-0.05, 0) is 42.9 Å². The maximum Gasteiger partial charge on any atom is 0.157 e. The molecule has 1 aliphatic rings. The van der Waals surface area contributed by atoms with Gasteiger partial charge in [0.1, 0.15) is 12.1 Å². The maximum absolute atomic E-state index is 4.25. The summed E-state index contributed by atoms with van der Waals surface area (Å²) in [5.74, 6) is 1.05. The highest BCUT2D eigenvalue weighted by Crippen LogP contribution is 2.40. The molecule has 2 aromatic heterocycles. The van der Waals surface area contributed by atoms with Crippen molar-refractivity contribution in [1.82, 2.24) is 14.6 Å². The Hall–Kier alpha value is -1.58. The molecule has 1 N–H and O–H groups in total. The van der Waals surface area contributed by atoms with Crippen LogP contribution in [0.5, 0.6) is 0 Å². The molecule has 0 aromatic carbocycles. The Kier molecular flexibility index (Phi) is 2.31. The zero-order chi connectivity index (χ0) is 11.9. The van der Waals surface area contributed by atoms with Gasteiger partial charge in [0.05, 0.1) is 0 Å². The SMILES string of the molecule is Cc1cc(NCC2(C)CCC2)n2ncnc2c1. The predicted molar refractivity (Wildman–Crippen MR) is 68.2 cm³/mol. The average molecular weight is 230 g/mol. The molecule has 0 spiro atoms. The summed E-state index contributed by atoms with van der Waals surface area (Å²) in [5, 5.41) is 7.76. The third kappa shape index (κ3) is 1.88. The van der Waals surface area contributed by atoms with Gasteiger partial charge in [0.2, 0.25) is 0 Å². The van der Waals surface area contributed by atoms with E-state index in [1.54, 1.807) is 6.33 Å². The second-order valence-corrected chi connectivity index (χ2v) is 5.47. The largest absolute Gasteiger partial charge is 0.369 e. The lowest BCUT2D eigenvalue weighted by Gasteiger charge is -2.38. The van der Waals surface area contributed by atoms with E-state index in [4.69, 9.17) is 0 Å². The van der Waals surface area contributed by atoms with Gasteiger partial charge in [0.25, 0.3) is 0 Å². The van der Waals surface area contributed by atoms with Crippen LogP contribution in [0.2, 0.25) is 0 Å². The van der Waals surface area contributed by atoms with Gasteiger partial charge in [-0.15, -0.1) is 0 Å². The van der Waals surface area contributed by atoms with Crippen LogP contribution in [0.3, 0.4) is 0 Å². The number of nitrogens with zero attached hydrogens (tertiary/aromatic N) is 3. The predicted octanol–water partition coefficient (Wildman–Crippen LogP) is 2.64. The van der Waals surface area contributed by atoms with Crippen molar-refractivity contribution < 1.29 is 0 Å². The van der Waals surface area contributed by atoms with Crippen LogP contribution in [0.25, 0.3) is 5.65 Å². The minimum atomic E-state index is 0.469. The Labute approximate surface area is 101 Å². The zero-order valence-electron chi connectivity index (χ0n) is 10.4. The van der Waals surface area contributed by atoms with Gasteiger partial charge in [-0.25, -0.2) is 4.98 Å². The van der Waals surface area contributed by atoms with E-state index in [1.807, 2.05) is 10.6 Å². The van der Waals surface area contributed by atoms with E-state index in [0.29, 0.717) is 5.41 Å². The van der Waals surface area contributed by atoms with Crippen molar-refractivity contribution in [2.75, 3.05) is 11.9 Å². The second kappa shape index (κ2) is 3.72. The molecule has 1 saturated carbocycles. The smallest absolute Gasteiger partial charge is 0.157 e. The fourth-order valence-electron chi connectivity index (χ4n) is 2.44. The number of aromatic nitrogens is 3. The van der Waals surface area contributed by atoms with Crippen molar-refractivity contribution in [2.24, 2.45) is 5.41 Å². The second-order valence-electron chi connectivity index (χ2n) is 5.47. The number of hydrogen-bond donors (Lipinski definition) is 1. The van der Waals surface area contributed by atoms with Crippen LogP contribution in [0.4, 0.5) is 5.82 Å². The Morgan fingerprint density at radius 1 is 1.41 bits per heavy atom. The zero-order valence-corrected chi connectivity index (χ0v) is 10.4. The van der Waals surface area contributed by atoms with Gasteiger partial charge in [0, 0.05) is 6.54 Å². The topological polar surface area (TPSA) is 42.2 Å². The molecule has 0 atom stereocenters. The summed E-state index contributed by atoms with van der Waals surface area (Å²) < 4.78 is 1.87. The summed E-state index contributed by atoms with van der Waals surface area (Å²) >= 11 is 0. The highest BCUT2D eigenvalue weighted by molar-refractivity contribution is 5.51. The van der Waals surface area contributed by atoms with Crippen LogP contribution in [0.15, 0.2) is 18.5 Å². The first-order chi connectivity index (χ1) is 8.16. The van der Waals surface area contributed by atoms with Crippen LogP contribution in [0.1, 0.15) is 31.7 Å². The number of fused-ring (bicyclic) bond motifs is 1. The molecule has 3 rings (SSSR count). The van der Waals surface area contributed by atoms with E-state index in [0.717, 1.165) is 18.0 Å². The van der Waals surface area contributed by atoms with Crippen LogP contribution in [-0.4, -0.2) is 21.1 Å². The normalized spacial score (nSPS) is 18.0. The summed E-state index contributed by atoms with van der Waals surface area (Å²) in [6.07, 6.45) is 5.62. The minimum Gasteiger partial charge on any atom is -0.369 e. The molecule has 1 aliphatic carbocycles. The number of nitrogens with one attached hydrogen (secondary N) is 1. The third-order valence-corrected chi connectivity index (χ3v) is 3.78. The number of anilines is 1. The Bertz CT molecular complexity index is 539. The van der Waals surface area contributed by atoms with Gasteiger partial charge in [0.15, 0.2) is 5.65 Å². The van der Waals surface area contributed by atoms with Gasteiger partial charge >= 0.3 is 0 Å². The average Bonchev–Trinajstić information content (AvgIpc) is 2.71. The quantitative estimate of drug-likeness (QED) is 0.881. The number of pyridine rings is 1. The van der Waals surface area contributed by atoms with E-state index in [2.05, 4.69) is 35.3 Å². The first-order valence-electron chi connectivity index (χ1n) is 6.21. The minimum absolute atomic E-state index is 0.469. The number of aryl methyl sites for hydroxylation is 1. The number of rotatable bonds is 3. The fourth-order valence-corrected chi connectivity index (χ4v) is 2.44. The van der Waals surface area contributed by atoms with Gasteiger partial charge in [-0.1, -0.05) is 13.3 Å². The van der Waals surface area contributed by atoms with Crippen molar-refractivity contribution in [2.45, 2.75) is 33.1 Å². The van der Waals surface area contributed by atoms with Crippen LogP contribution >= 0.6 is 0 Å². The van der Waals surface area contributed by atoms with Crippen LogP contribution in [-0.2, 0) is 0 Å². The first-order valence-corrected chi connectivity index (χ1v) is 6.21. The fraction of sp³-hybridized carbons (Fsp3) is 0.538. The molecule has 4 heteroatoms. The summed E-state index contributed by atoms with van der Waals surface area (Å²) in [7, 11) is 0. The van der Waals surface area contributed by atoms with Crippen molar-refractivity contribution in [3.8, 4) is 0 Å². The van der Waals surface area contributed by atoms with E-state index in [9.17, 15) is 0 Å². The van der Waals surface area contributed by atoms with Gasteiger partial charge < -0.3 is 5.32 Å². The molecule has 4 nitrogen and oxygen atoms in total. The summed E-state index contributed by atoms with van der Waals surface area (Å²) in [6, 6.07) is 4.17. The van der Waals surface area contributed by atoms with Gasteiger partial charge in [-0.3, -0.25) is 0 Å². The van der Waals surface area contributed by atoms with Gasteiger partial charge in [-0.2, -0.15) is 9.61 Å². The van der Waals surface area contributed by atoms with E-state index in [-0.39, 0.29) is 0 Å². The molecule has 1 fully saturated rings. The Morgan fingerprint density at radius 2 is 2.24 bits per heavy atom. The standard InChI is InChI=1S/C13H18N4/c1-10-6-11(14-8-13(2)4-3-5-13)17-12(7-10)15-9-16-17/h6-7,9,14H,3-5,8H2,1-2H3. The molecular formula is C13H18N4. The lowest BCUT2D eigenvalue weighted by molar-refractivity contribution is 0.179. The molecule has 0 bridgehead atoms. The highest BCUT2D eigenvalue weighted by Gasteiger charge is 2.31. The molecule has 0 unspecified atom stereocenters. The first kappa shape index (κ1) is 10.6. The monoisotopic (exact) mass is 230 g/mol. The Balaban J connectivity index is 1.86. The van der Waals surface area contributed by atoms with Crippen LogP contribution in [0, 0.1) is 12.3 Å². The maximum atomic E-state index is 4.25. The molecule has 0 radical (unpaired) electrons. The Morgan fingerprint density at radius 3 is 2.94 bits per heavy atom. The molecule has 0 amide bonds. The summed E-state index contributed by atoms with van der Waals surface area (Å²) in [6.45, 7) is 5.45. The molecule has 90 valence electrons. The third-order valence-electron chi connectivity index (χ3n) is 3.78. The van der Waals surface area contributed by atoms with Crippen molar-refractivity contribution in [1.29, 1.82) is 0 Å². The lowest BCUT2D eigenvalue weighted by Crippen LogP contribution is -2.33. The molecule has 0 aliphatic heterocycles. The number of hydrogen-bond acceptors (Lipinski definition) is 3. The van der Waals surface area contributed by atoms with E-state index < -0.39 is 0 Å². The molecule has 0 saturated heterocycles. The van der Waals surface area contributed by atoms with Crippen LogP contribution < -0.4 is 5.32 Å². The molecular weight excluding hydrogens is 212 g/mol. The lowest BCUT2D eigenvalue weighted by atomic mass is 9.70. The van der Waals surface area contributed by atoms with Crippen molar-refractivity contribution in [3.05, 3.63) is 24.0 Å².